The monoisotopic (exact) mass is 183 g/mol. The molecular formula is C11H9N3. The molecule has 0 spiro atoms. The minimum absolute atomic E-state index is 0.423. The van der Waals surface area contributed by atoms with Crippen molar-refractivity contribution in [2.24, 2.45) is 0 Å². The predicted molar refractivity (Wildman–Crippen MR) is 55.4 cm³/mol. The SMILES string of the molecule is N#Cc1cc(-c2ccccc2)[nH]c1N. The fourth-order valence-electron chi connectivity index (χ4n) is 1.34. The zero-order valence-corrected chi connectivity index (χ0v) is 7.49. The second-order valence-corrected chi connectivity index (χ2v) is 2.99. The second kappa shape index (κ2) is 3.27. The van der Waals surface area contributed by atoms with Gasteiger partial charge in [0.15, 0.2) is 0 Å². The fourth-order valence-corrected chi connectivity index (χ4v) is 1.34. The Morgan fingerprint density at radius 3 is 2.50 bits per heavy atom. The van der Waals surface area contributed by atoms with Gasteiger partial charge >= 0.3 is 0 Å². The van der Waals surface area contributed by atoms with Gasteiger partial charge in [-0.3, -0.25) is 0 Å². The highest BCUT2D eigenvalue weighted by Crippen LogP contribution is 2.22. The van der Waals surface area contributed by atoms with Crippen LogP contribution in [0.3, 0.4) is 0 Å². The van der Waals surface area contributed by atoms with Crippen LogP contribution in [-0.2, 0) is 0 Å². The summed E-state index contributed by atoms with van der Waals surface area (Å²) in [5.74, 6) is 0.423. The Kier molecular flexibility index (Phi) is 1.96. The van der Waals surface area contributed by atoms with Crippen molar-refractivity contribution < 1.29 is 0 Å². The van der Waals surface area contributed by atoms with Crippen molar-refractivity contribution >= 4 is 5.82 Å². The zero-order chi connectivity index (χ0) is 9.97. The van der Waals surface area contributed by atoms with Gasteiger partial charge in [-0.1, -0.05) is 30.3 Å². The number of H-pyrrole nitrogens is 1. The number of nitrogens with zero attached hydrogens (tertiary/aromatic N) is 1. The third-order valence-electron chi connectivity index (χ3n) is 2.05. The molecule has 0 fully saturated rings. The first-order valence-corrected chi connectivity index (χ1v) is 4.25. The first kappa shape index (κ1) is 8.39. The number of anilines is 1. The van der Waals surface area contributed by atoms with Gasteiger partial charge in [-0.15, -0.1) is 0 Å². The Balaban J connectivity index is 2.50. The largest absolute Gasteiger partial charge is 0.384 e. The number of rotatable bonds is 1. The lowest BCUT2D eigenvalue weighted by molar-refractivity contribution is 1.40. The number of hydrogen-bond donors (Lipinski definition) is 2. The average Bonchev–Trinajstić information content (AvgIpc) is 2.61. The molecule has 2 aromatic rings. The standard InChI is InChI=1S/C11H9N3/c12-7-9-6-10(14-11(9)13)8-4-2-1-3-5-8/h1-6,14H,13H2. The van der Waals surface area contributed by atoms with Crippen LogP contribution in [-0.4, -0.2) is 4.98 Å². The molecule has 3 nitrogen and oxygen atoms in total. The molecule has 0 saturated heterocycles. The van der Waals surface area contributed by atoms with E-state index in [0.29, 0.717) is 11.4 Å². The van der Waals surface area contributed by atoms with Crippen LogP contribution in [0.1, 0.15) is 5.56 Å². The Morgan fingerprint density at radius 1 is 1.21 bits per heavy atom. The average molecular weight is 183 g/mol. The van der Waals surface area contributed by atoms with E-state index in [1.54, 1.807) is 6.07 Å². The molecule has 0 aliphatic rings. The van der Waals surface area contributed by atoms with E-state index in [0.717, 1.165) is 11.3 Å². The van der Waals surface area contributed by atoms with Crippen LogP contribution < -0.4 is 5.73 Å². The highest BCUT2D eigenvalue weighted by molar-refractivity contribution is 5.67. The number of nitrogens with one attached hydrogen (secondary N) is 1. The van der Waals surface area contributed by atoms with E-state index in [2.05, 4.69) is 4.98 Å². The van der Waals surface area contributed by atoms with Crippen LogP contribution in [0, 0.1) is 11.3 Å². The molecular weight excluding hydrogens is 174 g/mol. The van der Waals surface area contributed by atoms with Crippen LogP contribution in [0.5, 0.6) is 0 Å². The van der Waals surface area contributed by atoms with Gasteiger partial charge in [0, 0.05) is 5.69 Å². The summed E-state index contributed by atoms with van der Waals surface area (Å²) in [6.07, 6.45) is 0. The second-order valence-electron chi connectivity index (χ2n) is 2.99. The summed E-state index contributed by atoms with van der Waals surface area (Å²) in [6, 6.07) is 13.5. The molecule has 0 atom stereocenters. The highest BCUT2D eigenvalue weighted by Gasteiger charge is 2.05. The van der Waals surface area contributed by atoms with Crippen LogP contribution in [0.15, 0.2) is 36.4 Å². The van der Waals surface area contributed by atoms with Crippen LogP contribution >= 0.6 is 0 Å². The van der Waals surface area contributed by atoms with Crippen molar-refractivity contribution in [3.63, 3.8) is 0 Å². The molecule has 3 N–H and O–H groups in total. The zero-order valence-electron chi connectivity index (χ0n) is 7.49. The third-order valence-corrected chi connectivity index (χ3v) is 2.05. The highest BCUT2D eigenvalue weighted by atomic mass is 14.9. The summed E-state index contributed by atoms with van der Waals surface area (Å²) in [7, 11) is 0. The number of benzene rings is 1. The van der Waals surface area contributed by atoms with Gasteiger partial charge < -0.3 is 10.7 Å². The normalized spacial score (nSPS) is 9.64. The molecule has 1 aromatic carbocycles. The smallest absolute Gasteiger partial charge is 0.119 e. The van der Waals surface area contributed by atoms with E-state index < -0.39 is 0 Å². The predicted octanol–water partition coefficient (Wildman–Crippen LogP) is 2.14. The molecule has 0 saturated carbocycles. The Labute approximate surface area is 81.8 Å². The molecule has 2 rings (SSSR count). The maximum absolute atomic E-state index is 8.73. The number of aromatic nitrogens is 1. The van der Waals surface area contributed by atoms with Gasteiger partial charge in [0.25, 0.3) is 0 Å². The molecule has 3 heteroatoms. The third kappa shape index (κ3) is 1.34. The maximum Gasteiger partial charge on any atom is 0.119 e. The van der Waals surface area contributed by atoms with Crippen molar-refractivity contribution in [1.82, 2.24) is 4.98 Å². The van der Waals surface area contributed by atoms with E-state index in [4.69, 9.17) is 11.0 Å². The van der Waals surface area contributed by atoms with E-state index in [1.165, 1.54) is 0 Å². The van der Waals surface area contributed by atoms with E-state index in [9.17, 15) is 0 Å². The molecule has 0 amide bonds. The summed E-state index contributed by atoms with van der Waals surface area (Å²) in [6.45, 7) is 0. The van der Waals surface area contributed by atoms with Crippen molar-refractivity contribution in [2.45, 2.75) is 0 Å². The molecule has 0 aliphatic heterocycles. The molecule has 1 aromatic heterocycles. The van der Waals surface area contributed by atoms with Crippen LogP contribution in [0.2, 0.25) is 0 Å². The van der Waals surface area contributed by atoms with Crippen molar-refractivity contribution in [3.05, 3.63) is 42.0 Å². The topological polar surface area (TPSA) is 65.6 Å². The lowest BCUT2D eigenvalue weighted by Crippen LogP contribution is -1.86. The Hall–Kier alpha value is -2.21. The molecule has 14 heavy (non-hydrogen) atoms. The van der Waals surface area contributed by atoms with Gasteiger partial charge in [0.2, 0.25) is 0 Å². The lowest BCUT2D eigenvalue weighted by Gasteiger charge is -1.95. The lowest BCUT2D eigenvalue weighted by atomic mass is 10.1. The van der Waals surface area contributed by atoms with Gasteiger partial charge in [0.05, 0.1) is 5.56 Å². The molecule has 0 aliphatic carbocycles. The maximum atomic E-state index is 8.73. The number of nitrogens with two attached hydrogens (primary N) is 1. The first-order valence-electron chi connectivity index (χ1n) is 4.25. The molecule has 0 radical (unpaired) electrons. The molecule has 0 bridgehead atoms. The van der Waals surface area contributed by atoms with Gasteiger partial charge in [-0.25, -0.2) is 0 Å². The number of nitriles is 1. The molecule has 68 valence electrons. The van der Waals surface area contributed by atoms with Crippen molar-refractivity contribution in [3.8, 4) is 17.3 Å². The minimum atomic E-state index is 0.423. The molecule has 1 heterocycles. The summed E-state index contributed by atoms with van der Waals surface area (Å²) in [5.41, 5.74) is 8.00. The van der Waals surface area contributed by atoms with Crippen LogP contribution in [0.4, 0.5) is 5.82 Å². The quantitative estimate of drug-likeness (QED) is 0.711. The molecule has 0 unspecified atom stereocenters. The van der Waals surface area contributed by atoms with E-state index >= 15 is 0 Å². The number of hydrogen-bond acceptors (Lipinski definition) is 2. The van der Waals surface area contributed by atoms with E-state index in [-0.39, 0.29) is 0 Å². The number of nitrogen functional groups attached to an aromatic ring is 1. The summed E-state index contributed by atoms with van der Waals surface area (Å²) >= 11 is 0. The van der Waals surface area contributed by atoms with Gasteiger partial charge in [-0.05, 0) is 11.6 Å². The minimum Gasteiger partial charge on any atom is -0.384 e. The summed E-state index contributed by atoms with van der Waals surface area (Å²) in [5, 5.41) is 8.73. The van der Waals surface area contributed by atoms with Crippen LogP contribution in [0.25, 0.3) is 11.3 Å². The fraction of sp³-hybridized carbons (Fsp3) is 0. The summed E-state index contributed by atoms with van der Waals surface area (Å²) < 4.78 is 0. The van der Waals surface area contributed by atoms with E-state index in [1.807, 2.05) is 36.4 Å². The van der Waals surface area contributed by atoms with Gasteiger partial charge in [-0.2, -0.15) is 5.26 Å². The Bertz CT molecular complexity index is 477. The van der Waals surface area contributed by atoms with Gasteiger partial charge in [0.1, 0.15) is 11.9 Å². The summed E-state index contributed by atoms with van der Waals surface area (Å²) in [4.78, 5) is 2.97. The Morgan fingerprint density at radius 2 is 1.93 bits per heavy atom. The number of aromatic amines is 1. The van der Waals surface area contributed by atoms with Crippen molar-refractivity contribution in [2.75, 3.05) is 5.73 Å². The van der Waals surface area contributed by atoms with Crippen molar-refractivity contribution in [1.29, 1.82) is 5.26 Å². The first-order chi connectivity index (χ1) is 6.81.